The van der Waals surface area contributed by atoms with E-state index in [4.69, 9.17) is 4.43 Å². The summed E-state index contributed by atoms with van der Waals surface area (Å²) in [6, 6.07) is 8.17. The molecule has 1 saturated heterocycles. The lowest BCUT2D eigenvalue weighted by Gasteiger charge is -2.48. The summed E-state index contributed by atoms with van der Waals surface area (Å²) in [5, 5.41) is 3.17. The van der Waals surface area contributed by atoms with E-state index in [1.807, 2.05) is 32.0 Å². The third kappa shape index (κ3) is 4.90. The third-order valence-corrected chi connectivity index (χ3v) is 9.48. The summed E-state index contributed by atoms with van der Waals surface area (Å²) in [5.74, 6) is 0.325. The van der Waals surface area contributed by atoms with Gasteiger partial charge in [-0.15, -0.1) is 11.3 Å². The Morgan fingerprint density at radius 3 is 2.59 bits per heavy atom. The number of nitrogens with one attached hydrogen (secondary N) is 1. The monoisotopic (exact) mass is 437 g/mol. The molecule has 2 heterocycles. The van der Waals surface area contributed by atoms with Crippen LogP contribution in [-0.2, 0) is 9.22 Å². The molecule has 2 aromatic rings. The van der Waals surface area contributed by atoms with Crippen LogP contribution in [0.2, 0.25) is 0 Å². The molecule has 3 radical (unpaired) electrons. The standard InChI is InChI=1S/C19H25N2O2S3Si/c1-18(2,3)11(10-19(4,5)23-27)14-15(22)21-16(14)25-26-17-20-12-8-6-7-9-13(12)24-17/h6-9,11,14,16H,10H2,1-5H3,(H,21,22)/t11?,14-,16-/m1/s1. The van der Waals surface area contributed by atoms with Crippen molar-refractivity contribution < 1.29 is 9.22 Å². The van der Waals surface area contributed by atoms with Crippen molar-refractivity contribution in [1.82, 2.24) is 10.3 Å². The van der Waals surface area contributed by atoms with Gasteiger partial charge in [-0.2, -0.15) is 0 Å². The fourth-order valence-electron chi connectivity index (χ4n) is 3.37. The number of carbonyl (C=O) groups excluding carboxylic acids is 1. The van der Waals surface area contributed by atoms with Gasteiger partial charge in [-0.25, -0.2) is 4.98 Å². The molecule has 0 bridgehead atoms. The van der Waals surface area contributed by atoms with E-state index in [-0.39, 0.29) is 34.1 Å². The number of thiazole rings is 1. The zero-order valence-corrected chi connectivity index (χ0v) is 19.7. The summed E-state index contributed by atoms with van der Waals surface area (Å²) in [5.41, 5.74) is 0.701. The van der Waals surface area contributed by atoms with E-state index in [1.54, 1.807) is 32.9 Å². The highest BCUT2D eigenvalue weighted by molar-refractivity contribution is 8.77. The molecule has 0 aliphatic carbocycles. The number of amides is 1. The minimum absolute atomic E-state index is 0.00376. The molecule has 145 valence electrons. The largest absolute Gasteiger partial charge is 0.414 e. The van der Waals surface area contributed by atoms with Crippen molar-refractivity contribution in [2.24, 2.45) is 17.3 Å². The molecule has 1 N–H and O–H groups in total. The molecule has 0 saturated carbocycles. The van der Waals surface area contributed by atoms with Gasteiger partial charge in [0.05, 0.1) is 27.1 Å². The van der Waals surface area contributed by atoms with Crippen LogP contribution >= 0.6 is 32.9 Å². The first-order chi connectivity index (χ1) is 12.6. The van der Waals surface area contributed by atoms with E-state index >= 15 is 0 Å². The number of β-lactam (4-membered cyclic amide) rings is 1. The minimum Gasteiger partial charge on any atom is -0.414 e. The van der Waals surface area contributed by atoms with Crippen LogP contribution in [0.25, 0.3) is 10.2 Å². The first-order valence-electron chi connectivity index (χ1n) is 8.95. The molecule has 3 atom stereocenters. The molecule has 8 heteroatoms. The molecule has 1 unspecified atom stereocenters. The Morgan fingerprint density at radius 2 is 2.00 bits per heavy atom. The summed E-state index contributed by atoms with van der Waals surface area (Å²) in [6.45, 7) is 10.7. The van der Waals surface area contributed by atoms with Gasteiger partial charge < -0.3 is 9.74 Å². The van der Waals surface area contributed by atoms with Crippen LogP contribution in [0.5, 0.6) is 0 Å². The molecular formula is C19H25N2O2S3Si. The first-order valence-corrected chi connectivity index (χ1v) is 12.4. The van der Waals surface area contributed by atoms with Crippen molar-refractivity contribution >= 4 is 59.5 Å². The van der Waals surface area contributed by atoms with Crippen LogP contribution in [-0.4, -0.2) is 32.4 Å². The van der Waals surface area contributed by atoms with Crippen molar-refractivity contribution in [3.8, 4) is 0 Å². The number of benzene rings is 1. The summed E-state index contributed by atoms with van der Waals surface area (Å²) in [4.78, 5) is 17.1. The normalized spacial score (nSPS) is 21.8. The van der Waals surface area contributed by atoms with Gasteiger partial charge in [-0.05, 0) is 54.5 Å². The highest BCUT2D eigenvalue weighted by atomic mass is 33.1. The number of hydrogen-bond acceptors (Lipinski definition) is 6. The Kier molecular flexibility index (Phi) is 6.32. The second-order valence-electron chi connectivity index (χ2n) is 8.62. The van der Waals surface area contributed by atoms with Crippen molar-refractivity contribution in [2.45, 2.75) is 56.4 Å². The first kappa shape index (κ1) is 21.2. The van der Waals surface area contributed by atoms with E-state index in [1.165, 1.54) is 4.70 Å². The highest BCUT2D eigenvalue weighted by Crippen LogP contribution is 2.49. The number of rotatable bonds is 7. The van der Waals surface area contributed by atoms with Gasteiger partial charge in [-0.1, -0.05) is 43.7 Å². The Bertz CT molecular complexity index is 786. The molecule has 4 nitrogen and oxygen atoms in total. The van der Waals surface area contributed by atoms with Crippen LogP contribution < -0.4 is 5.32 Å². The molecule has 3 rings (SSSR count). The second-order valence-corrected chi connectivity index (χ2v) is 12.4. The van der Waals surface area contributed by atoms with Gasteiger partial charge in [0, 0.05) is 0 Å². The summed E-state index contributed by atoms with van der Waals surface area (Å²) >= 11 is 1.70. The van der Waals surface area contributed by atoms with Gasteiger partial charge in [0.2, 0.25) is 16.4 Å². The zero-order valence-electron chi connectivity index (χ0n) is 16.2. The SMILES string of the molecule is CC(C)(CC([C@@H]1C(=O)N[C@@H]1SSc1nc2ccccc2s1)C(C)(C)C)O[Si]. The van der Waals surface area contributed by atoms with Crippen LogP contribution in [0.15, 0.2) is 28.6 Å². The van der Waals surface area contributed by atoms with E-state index in [0.29, 0.717) is 0 Å². The Balaban J connectivity index is 1.71. The molecule has 1 fully saturated rings. The number of para-hydroxylation sites is 1. The van der Waals surface area contributed by atoms with Crippen molar-refractivity contribution in [2.75, 3.05) is 0 Å². The lowest BCUT2D eigenvalue weighted by molar-refractivity contribution is -0.138. The summed E-state index contributed by atoms with van der Waals surface area (Å²) in [6.07, 6.45) is 0.806. The smallest absolute Gasteiger partial charge is 0.246 e. The maximum absolute atomic E-state index is 12.5. The van der Waals surface area contributed by atoms with Crippen LogP contribution in [0, 0.1) is 17.3 Å². The lowest BCUT2D eigenvalue weighted by atomic mass is 9.66. The van der Waals surface area contributed by atoms with Crippen molar-refractivity contribution in [3.63, 3.8) is 0 Å². The van der Waals surface area contributed by atoms with Gasteiger partial charge in [-0.3, -0.25) is 4.79 Å². The molecule has 1 aliphatic heterocycles. The van der Waals surface area contributed by atoms with E-state index in [2.05, 4.69) is 47.6 Å². The van der Waals surface area contributed by atoms with E-state index in [0.717, 1.165) is 16.3 Å². The molecule has 27 heavy (non-hydrogen) atoms. The van der Waals surface area contributed by atoms with E-state index in [9.17, 15) is 4.79 Å². The van der Waals surface area contributed by atoms with E-state index < -0.39 is 0 Å². The van der Waals surface area contributed by atoms with Crippen molar-refractivity contribution in [3.05, 3.63) is 24.3 Å². The average molecular weight is 438 g/mol. The third-order valence-electron chi connectivity index (χ3n) is 4.94. The predicted octanol–water partition coefficient (Wildman–Crippen LogP) is 5.04. The quantitative estimate of drug-likeness (QED) is 0.374. The molecular weight excluding hydrogens is 413 g/mol. The molecule has 1 aromatic heterocycles. The predicted molar refractivity (Wildman–Crippen MR) is 117 cm³/mol. The van der Waals surface area contributed by atoms with Gasteiger partial charge in [0.15, 0.2) is 4.34 Å². The number of hydrogen-bond donors (Lipinski definition) is 1. The Labute approximate surface area is 176 Å². The van der Waals surface area contributed by atoms with Crippen LogP contribution in [0.3, 0.4) is 0 Å². The summed E-state index contributed by atoms with van der Waals surface area (Å²) < 4.78 is 7.69. The van der Waals surface area contributed by atoms with Crippen LogP contribution in [0.1, 0.15) is 41.0 Å². The molecule has 1 aliphatic rings. The molecule has 0 spiro atoms. The maximum Gasteiger partial charge on any atom is 0.246 e. The van der Waals surface area contributed by atoms with Gasteiger partial charge in [0.25, 0.3) is 0 Å². The molecule has 1 amide bonds. The zero-order chi connectivity index (χ0) is 19.8. The number of aromatic nitrogens is 1. The average Bonchev–Trinajstić information content (AvgIpc) is 2.99. The number of fused-ring (bicyclic) bond motifs is 1. The summed E-state index contributed by atoms with van der Waals surface area (Å²) in [7, 11) is 6.56. The van der Waals surface area contributed by atoms with Crippen molar-refractivity contribution in [1.29, 1.82) is 0 Å². The Morgan fingerprint density at radius 1 is 1.30 bits per heavy atom. The highest BCUT2D eigenvalue weighted by Gasteiger charge is 2.50. The second kappa shape index (κ2) is 8.06. The molecule has 1 aromatic carbocycles. The Hall–Kier alpha value is -0.543. The van der Waals surface area contributed by atoms with Crippen LogP contribution in [0.4, 0.5) is 0 Å². The van der Waals surface area contributed by atoms with Gasteiger partial charge >= 0.3 is 0 Å². The topological polar surface area (TPSA) is 51.2 Å². The fraction of sp³-hybridized carbons (Fsp3) is 0.579. The lowest BCUT2D eigenvalue weighted by Crippen LogP contribution is -2.61. The number of nitrogens with zero attached hydrogens (tertiary/aromatic N) is 1. The minimum atomic E-state index is -0.333. The fourth-order valence-corrected chi connectivity index (χ4v) is 7.31. The maximum atomic E-state index is 12.5. The van der Waals surface area contributed by atoms with Gasteiger partial charge in [0.1, 0.15) is 0 Å². The number of carbonyl (C=O) groups is 1.